The van der Waals surface area contributed by atoms with Crippen LogP contribution in [0.5, 0.6) is 5.75 Å². The fraction of sp³-hybridized carbons (Fsp3) is 0.167. The van der Waals surface area contributed by atoms with Gasteiger partial charge in [-0.25, -0.2) is 0 Å². The van der Waals surface area contributed by atoms with Crippen molar-refractivity contribution in [1.82, 2.24) is 0 Å². The van der Waals surface area contributed by atoms with Crippen molar-refractivity contribution in [2.24, 2.45) is 0 Å². The molecule has 0 amide bonds. The van der Waals surface area contributed by atoms with Gasteiger partial charge in [0.05, 0.1) is 11.3 Å². The molecule has 0 aliphatic rings. The largest absolute Gasteiger partial charge is 0.507 e. The molecule has 0 atom stereocenters. The van der Waals surface area contributed by atoms with Crippen molar-refractivity contribution in [3.05, 3.63) is 16.3 Å². The van der Waals surface area contributed by atoms with E-state index in [2.05, 4.69) is 0 Å². The number of thiophene rings is 1. The third kappa shape index (κ3) is 1.48. The van der Waals surface area contributed by atoms with Gasteiger partial charge in [0.15, 0.2) is 0 Å². The predicted molar refractivity (Wildman–Crippen MR) is 37.3 cm³/mol. The number of carbonyl (C=O) groups is 1. The van der Waals surface area contributed by atoms with Gasteiger partial charge in [-0.1, -0.05) is 0 Å². The lowest BCUT2D eigenvalue weighted by Gasteiger charge is -1.90. The quantitative estimate of drug-likeness (QED) is 0.677. The Morgan fingerprint density at radius 3 is 2.80 bits per heavy atom. The van der Waals surface area contributed by atoms with E-state index in [1.54, 1.807) is 5.38 Å². The first kappa shape index (κ1) is 7.08. The zero-order valence-corrected chi connectivity index (χ0v) is 5.89. The van der Waals surface area contributed by atoms with Gasteiger partial charge in [-0.15, -0.1) is 11.3 Å². The van der Waals surface area contributed by atoms with E-state index in [1.165, 1.54) is 17.4 Å². The van der Waals surface area contributed by atoms with Crippen LogP contribution in [-0.4, -0.2) is 16.2 Å². The van der Waals surface area contributed by atoms with Crippen LogP contribution in [0.4, 0.5) is 0 Å². The van der Waals surface area contributed by atoms with Crippen LogP contribution in [0.15, 0.2) is 11.4 Å². The molecule has 0 fully saturated rings. The van der Waals surface area contributed by atoms with Gasteiger partial charge in [-0.2, -0.15) is 0 Å². The lowest BCUT2D eigenvalue weighted by Crippen LogP contribution is -1.97. The summed E-state index contributed by atoms with van der Waals surface area (Å²) >= 11 is 1.25. The first-order valence-electron chi connectivity index (χ1n) is 2.67. The minimum absolute atomic E-state index is 0.0763. The van der Waals surface area contributed by atoms with Crippen molar-refractivity contribution in [2.75, 3.05) is 0 Å². The van der Waals surface area contributed by atoms with Crippen LogP contribution in [0.1, 0.15) is 4.88 Å². The Balaban J connectivity index is 2.74. The standard InChI is InChI=1S/C6H6O3S/c7-4-1-2-10-5(4)3-6(8)9/h1-2,7H,3H2,(H,8,9). The van der Waals surface area contributed by atoms with Gasteiger partial charge in [0.2, 0.25) is 0 Å². The van der Waals surface area contributed by atoms with Gasteiger partial charge in [-0.3, -0.25) is 4.79 Å². The van der Waals surface area contributed by atoms with Gasteiger partial charge in [0.1, 0.15) is 5.75 Å². The lowest BCUT2D eigenvalue weighted by atomic mass is 10.3. The van der Waals surface area contributed by atoms with E-state index in [0.29, 0.717) is 4.88 Å². The van der Waals surface area contributed by atoms with Gasteiger partial charge in [0, 0.05) is 0 Å². The second-order valence-electron chi connectivity index (χ2n) is 1.80. The second-order valence-corrected chi connectivity index (χ2v) is 2.80. The molecule has 1 aromatic rings. The molecular formula is C6H6O3S. The summed E-state index contributed by atoms with van der Waals surface area (Å²) in [4.78, 5) is 10.6. The summed E-state index contributed by atoms with van der Waals surface area (Å²) in [6.07, 6.45) is -0.0938. The van der Waals surface area contributed by atoms with Crippen LogP contribution >= 0.6 is 11.3 Å². The summed E-state index contributed by atoms with van der Waals surface area (Å²) in [5.41, 5.74) is 0. The fourth-order valence-electron chi connectivity index (χ4n) is 0.603. The molecule has 2 N–H and O–H groups in total. The van der Waals surface area contributed by atoms with Crippen LogP contribution < -0.4 is 0 Å². The summed E-state index contributed by atoms with van der Waals surface area (Å²) in [6.45, 7) is 0. The van der Waals surface area contributed by atoms with E-state index in [0.717, 1.165) is 0 Å². The normalized spacial score (nSPS) is 9.60. The number of carboxylic acid groups (broad SMARTS) is 1. The molecule has 0 unspecified atom stereocenters. The molecule has 0 saturated heterocycles. The van der Waals surface area contributed by atoms with E-state index in [1.807, 2.05) is 0 Å². The summed E-state index contributed by atoms with van der Waals surface area (Å²) < 4.78 is 0. The predicted octanol–water partition coefficient (Wildman–Crippen LogP) is 1.08. The Morgan fingerprint density at radius 1 is 1.70 bits per heavy atom. The lowest BCUT2D eigenvalue weighted by molar-refractivity contribution is -0.136. The highest BCUT2D eigenvalue weighted by atomic mass is 32.1. The average molecular weight is 158 g/mol. The van der Waals surface area contributed by atoms with Crippen LogP contribution in [0.25, 0.3) is 0 Å². The number of aliphatic carboxylic acids is 1. The first-order valence-corrected chi connectivity index (χ1v) is 3.55. The molecule has 0 aromatic carbocycles. The number of rotatable bonds is 2. The molecule has 4 heteroatoms. The maximum absolute atomic E-state index is 10.1. The van der Waals surface area contributed by atoms with E-state index < -0.39 is 5.97 Å². The molecule has 10 heavy (non-hydrogen) atoms. The van der Waals surface area contributed by atoms with Crippen molar-refractivity contribution in [2.45, 2.75) is 6.42 Å². The molecule has 0 spiro atoms. The number of hydrogen-bond donors (Lipinski definition) is 2. The molecule has 0 radical (unpaired) electrons. The van der Waals surface area contributed by atoms with E-state index in [4.69, 9.17) is 10.2 Å². The maximum atomic E-state index is 10.1. The third-order valence-electron chi connectivity index (χ3n) is 1.03. The van der Waals surface area contributed by atoms with E-state index >= 15 is 0 Å². The number of carboxylic acids is 1. The molecule has 1 rings (SSSR count). The Bertz CT molecular complexity index is 241. The maximum Gasteiger partial charge on any atom is 0.308 e. The molecule has 1 heterocycles. The fourth-order valence-corrected chi connectivity index (χ4v) is 1.36. The molecule has 3 nitrogen and oxygen atoms in total. The highest BCUT2D eigenvalue weighted by Gasteiger charge is 2.05. The minimum Gasteiger partial charge on any atom is -0.507 e. The number of hydrogen-bond acceptors (Lipinski definition) is 3. The molecule has 1 aromatic heterocycles. The van der Waals surface area contributed by atoms with E-state index in [9.17, 15) is 4.79 Å². The van der Waals surface area contributed by atoms with Crippen molar-refractivity contribution in [3.63, 3.8) is 0 Å². The second kappa shape index (κ2) is 2.70. The van der Waals surface area contributed by atoms with Crippen LogP contribution in [0, 0.1) is 0 Å². The zero-order valence-electron chi connectivity index (χ0n) is 5.07. The molecular weight excluding hydrogens is 152 g/mol. The van der Waals surface area contributed by atoms with Crippen molar-refractivity contribution in [1.29, 1.82) is 0 Å². The van der Waals surface area contributed by atoms with Crippen molar-refractivity contribution < 1.29 is 15.0 Å². The molecule has 0 bridgehead atoms. The highest BCUT2D eigenvalue weighted by molar-refractivity contribution is 7.10. The monoisotopic (exact) mass is 158 g/mol. The topological polar surface area (TPSA) is 57.5 Å². The van der Waals surface area contributed by atoms with E-state index in [-0.39, 0.29) is 12.2 Å². The zero-order chi connectivity index (χ0) is 7.56. The third-order valence-corrected chi connectivity index (χ3v) is 1.94. The summed E-state index contributed by atoms with van der Waals surface area (Å²) in [5.74, 6) is -0.842. The smallest absolute Gasteiger partial charge is 0.308 e. The number of aromatic hydroxyl groups is 1. The van der Waals surface area contributed by atoms with Crippen molar-refractivity contribution >= 4 is 17.3 Å². The van der Waals surface area contributed by atoms with Crippen molar-refractivity contribution in [3.8, 4) is 5.75 Å². The van der Waals surface area contributed by atoms with Crippen LogP contribution in [0.2, 0.25) is 0 Å². The Morgan fingerprint density at radius 2 is 2.40 bits per heavy atom. The molecule has 0 aliphatic heterocycles. The van der Waals surface area contributed by atoms with Crippen LogP contribution in [0.3, 0.4) is 0 Å². The van der Waals surface area contributed by atoms with Gasteiger partial charge < -0.3 is 10.2 Å². The molecule has 0 aliphatic carbocycles. The summed E-state index contributed by atoms with van der Waals surface area (Å²) in [7, 11) is 0. The Labute approximate surface area is 61.6 Å². The minimum atomic E-state index is -0.919. The highest BCUT2D eigenvalue weighted by Crippen LogP contribution is 2.23. The molecule has 0 saturated carbocycles. The summed E-state index contributed by atoms with van der Waals surface area (Å²) in [6, 6.07) is 1.49. The SMILES string of the molecule is O=C(O)Cc1sccc1O. The van der Waals surface area contributed by atoms with Gasteiger partial charge in [0.25, 0.3) is 0 Å². The van der Waals surface area contributed by atoms with Gasteiger partial charge in [-0.05, 0) is 11.4 Å². The average Bonchev–Trinajstić information content (AvgIpc) is 2.15. The Hall–Kier alpha value is -1.03. The van der Waals surface area contributed by atoms with Gasteiger partial charge >= 0.3 is 5.97 Å². The first-order chi connectivity index (χ1) is 4.70. The molecule has 54 valence electrons. The Kier molecular flexibility index (Phi) is 1.91. The van der Waals surface area contributed by atoms with Crippen LogP contribution in [-0.2, 0) is 11.2 Å². The summed E-state index contributed by atoms with van der Waals surface area (Å²) in [5, 5.41) is 18.9.